The van der Waals surface area contributed by atoms with Gasteiger partial charge >= 0.3 is 0 Å². The Morgan fingerprint density at radius 2 is 1.89 bits per heavy atom. The zero-order valence-electron chi connectivity index (χ0n) is 12.5. The highest BCUT2D eigenvalue weighted by molar-refractivity contribution is 5.46. The lowest BCUT2D eigenvalue weighted by atomic mass is 9.92. The molecular weight excluding hydrogens is 234 g/mol. The van der Waals surface area contributed by atoms with E-state index in [-0.39, 0.29) is 0 Å². The number of anilines is 1. The summed E-state index contributed by atoms with van der Waals surface area (Å²) >= 11 is 0. The van der Waals surface area contributed by atoms with E-state index in [0.29, 0.717) is 11.5 Å². The zero-order valence-corrected chi connectivity index (χ0v) is 12.5. The van der Waals surface area contributed by atoms with Gasteiger partial charge < -0.3 is 15.5 Å². The fourth-order valence-electron chi connectivity index (χ4n) is 3.17. The minimum absolute atomic E-state index is 0.300. The number of hydrogen-bond acceptors (Lipinski definition) is 3. The summed E-state index contributed by atoms with van der Waals surface area (Å²) in [5, 5.41) is 0. The molecule has 3 nitrogen and oxygen atoms in total. The zero-order chi connectivity index (χ0) is 13.9. The Morgan fingerprint density at radius 1 is 1.21 bits per heavy atom. The van der Waals surface area contributed by atoms with Crippen LogP contribution in [0.4, 0.5) is 5.69 Å². The van der Waals surface area contributed by atoms with Gasteiger partial charge in [-0.2, -0.15) is 0 Å². The third kappa shape index (κ3) is 3.71. The first kappa shape index (κ1) is 14.4. The van der Waals surface area contributed by atoms with Crippen LogP contribution in [0.5, 0.6) is 0 Å². The fraction of sp³-hybridized carbons (Fsp3) is 0.625. The maximum absolute atomic E-state index is 5.78. The Morgan fingerprint density at radius 3 is 2.53 bits per heavy atom. The molecule has 0 spiro atoms. The molecule has 2 N–H and O–H groups in total. The van der Waals surface area contributed by atoms with E-state index in [0.717, 1.165) is 32.6 Å². The number of nitrogens with zero attached hydrogens (tertiary/aromatic N) is 2. The molecule has 0 aliphatic carbocycles. The van der Waals surface area contributed by atoms with Crippen LogP contribution in [0.3, 0.4) is 0 Å². The summed E-state index contributed by atoms with van der Waals surface area (Å²) in [6.45, 7) is 8.76. The van der Waals surface area contributed by atoms with Gasteiger partial charge in [-0.25, -0.2) is 0 Å². The number of likely N-dealkylation sites (N-methyl/N-ethyl adjacent to an activating group) is 1. The summed E-state index contributed by atoms with van der Waals surface area (Å²) in [6.07, 6.45) is 1.07. The lowest BCUT2D eigenvalue weighted by molar-refractivity contribution is 0.188. The molecule has 1 aromatic carbocycles. The second-order valence-corrected chi connectivity index (χ2v) is 6.53. The molecule has 1 atom stereocenters. The summed E-state index contributed by atoms with van der Waals surface area (Å²) in [5.74, 6) is 0. The molecule has 0 amide bonds. The summed E-state index contributed by atoms with van der Waals surface area (Å²) in [7, 11) is 2.23. The lowest BCUT2D eigenvalue weighted by Crippen LogP contribution is -2.40. The van der Waals surface area contributed by atoms with Crippen LogP contribution in [-0.4, -0.2) is 44.2 Å². The third-order valence-electron chi connectivity index (χ3n) is 3.97. The number of rotatable bonds is 3. The van der Waals surface area contributed by atoms with Crippen molar-refractivity contribution in [1.82, 2.24) is 4.90 Å². The van der Waals surface area contributed by atoms with Gasteiger partial charge in [-0.05, 0) is 37.6 Å². The van der Waals surface area contributed by atoms with E-state index in [1.165, 1.54) is 5.69 Å². The first-order valence-corrected chi connectivity index (χ1v) is 7.22. The molecule has 0 saturated carbocycles. The second-order valence-electron chi connectivity index (χ2n) is 6.53. The van der Waals surface area contributed by atoms with E-state index >= 15 is 0 Å². The maximum atomic E-state index is 5.78. The number of benzene rings is 1. The molecule has 0 radical (unpaired) electrons. The van der Waals surface area contributed by atoms with E-state index in [4.69, 9.17) is 5.73 Å². The molecule has 1 fully saturated rings. The maximum Gasteiger partial charge on any atom is 0.0366 e. The fourth-order valence-corrected chi connectivity index (χ4v) is 3.17. The van der Waals surface area contributed by atoms with Gasteiger partial charge in [-0.15, -0.1) is 0 Å². The highest BCUT2D eigenvalue weighted by atomic mass is 15.2. The topological polar surface area (TPSA) is 32.5 Å². The minimum atomic E-state index is 0.300. The molecule has 1 unspecified atom stereocenters. The van der Waals surface area contributed by atoms with Crippen LogP contribution in [0.25, 0.3) is 0 Å². The van der Waals surface area contributed by atoms with Gasteiger partial charge in [0, 0.05) is 31.4 Å². The van der Waals surface area contributed by atoms with Crippen molar-refractivity contribution in [3.05, 3.63) is 30.3 Å². The molecule has 106 valence electrons. The van der Waals surface area contributed by atoms with E-state index in [1.54, 1.807) is 0 Å². The molecule has 1 heterocycles. The molecule has 2 rings (SSSR count). The Balaban J connectivity index is 2.22. The average Bonchev–Trinajstić information content (AvgIpc) is 2.47. The van der Waals surface area contributed by atoms with Crippen molar-refractivity contribution in [2.24, 2.45) is 11.1 Å². The van der Waals surface area contributed by atoms with Crippen LogP contribution in [0.2, 0.25) is 0 Å². The standard InChI is InChI=1S/C16H27N3/c1-16(2)12-18(3)15(9-10-17)11-19(13-16)14-7-5-4-6-8-14/h4-8,15H,9-13,17H2,1-3H3. The molecule has 1 saturated heterocycles. The quantitative estimate of drug-likeness (QED) is 0.905. The molecule has 1 aliphatic rings. The molecular formula is C16H27N3. The minimum Gasteiger partial charge on any atom is -0.369 e. The Hall–Kier alpha value is -1.06. The van der Waals surface area contributed by atoms with Crippen molar-refractivity contribution in [2.45, 2.75) is 26.3 Å². The highest BCUT2D eigenvalue weighted by Crippen LogP contribution is 2.28. The number of nitrogens with two attached hydrogens (primary N) is 1. The Labute approximate surface area is 117 Å². The van der Waals surface area contributed by atoms with Gasteiger partial charge in [0.05, 0.1) is 0 Å². The number of hydrogen-bond donors (Lipinski definition) is 1. The van der Waals surface area contributed by atoms with Gasteiger partial charge in [-0.3, -0.25) is 0 Å². The predicted molar refractivity (Wildman–Crippen MR) is 82.5 cm³/mol. The van der Waals surface area contributed by atoms with Crippen LogP contribution in [0.15, 0.2) is 30.3 Å². The van der Waals surface area contributed by atoms with E-state index in [1.807, 2.05) is 0 Å². The predicted octanol–water partition coefficient (Wildman–Crippen LogP) is 2.18. The first-order valence-electron chi connectivity index (χ1n) is 7.22. The smallest absolute Gasteiger partial charge is 0.0366 e. The van der Waals surface area contributed by atoms with Gasteiger partial charge in [0.1, 0.15) is 0 Å². The van der Waals surface area contributed by atoms with Gasteiger partial charge in [0.15, 0.2) is 0 Å². The average molecular weight is 261 g/mol. The monoisotopic (exact) mass is 261 g/mol. The van der Waals surface area contributed by atoms with E-state index < -0.39 is 0 Å². The van der Waals surface area contributed by atoms with Crippen LogP contribution >= 0.6 is 0 Å². The SMILES string of the molecule is CN1CC(C)(C)CN(c2ccccc2)CC1CCN. The van der Waals surface area contributed by atoms with Crippen molar-refractivity contribution in [1.29, 1.82) is 0 Å². The van der Waals surface area contributed by atoms with Crippen molar-refractivity contribution >= 4 is 5.69 Å². The van der Waals surface area contributed by atoms with Gasteiger partial charge in [0.25, 0.3) is 0 Å². The van der Waals surface area contributed by atoms with E-state index in [9.17, 15) is 0 Å². The summed E-state index contributed by atoms with van der Waals surface area (Å²) in [4.78, 5) is 5.00. The summed E-state index contributed by atoms with van der Waals surface area (Å²) in [6, 6.07) is 11.3. The van der Waals surface area contributed by atoms with Crippen molar-refractivity contribution in [2.75, 3.05) is 38.1 Å². The van der Waals surface area contributed by atoms with Crippen LogP contribution in [0.1, 0.15) is 20.3 Å². The summed E-state index contributed by atoms with van der Waals surface area (Å²) < 4.78 is 0. The third-order valence-corrected chi connectivity index (χ3v) is 3.97. The summed E-state index contributed by atoms with van der Waals surface area (Å²) in [5.41, 5.74) is 7.41. The largest absolute Gasteiger partial charge is 0.369 e. The van der Waals surface area contributed by atoms with Gasteiger partial charge in [0.2, 0.25) is 0 Å². The van der Waals surface area contributed by atoms with Crippen molar-refractivity contribution in [3.63, 3.8) is 0 Å². The van der Waals surface area contributed by atoms with Crippen molar-refractivity contribution < 1.29 is 0 Å². The van der Waals surface area contributed by atoms with Crippen molar-refractivity contribution in [3.8, 4) is 0 Å². The van der Waals surface area contributed by atoms with Crippen LogP contribution in [-0.2, 0) is 0 Å². The normalized spacial score (nSPS) is 24.2. The van der Waals surface area contributed by atoms with Gasteiger partial charge in [-0.1, -0.05) is 32.0 Å². The highest BCUT2D eigenvalue weighted by Gasteiger charge is 2.31. The molecule has 0 bridgehead atoms. The molecule has 0 aromatic heterocycles. The Kier molecular flexibility index (Phi) is 4.48. The molecule has 3 heteroatoms. The second kappa shape index (κ2) is 5.93. The Bertz CT molecular complexity index is 388. The van der Waals surface area contributed by atoms with Crippen LogP contribution in [0, 0.1) is 5.41 Å². The molecule has 1 aromatic rings. The molecule has 19 heavy (non-hydrogen) atoms. The lowest BCUT2D eigenvalue weighted by Gasteiger charge is -2.31. The van der Waals surface area contributed by atoms with E-state index in [2.05, 4.69) is 61.0 Å². The first-order chi connectivity index (χ1) is 9.02. The van der Waals surface area contributed by atoms with Crippen LogP contribution < -0.4 is 10.6 Å². The molecule has 1 aliphatic heterocycles. The number of para-hydroxylation sites is 1.